The van der Waals surface area contributed by atoms with E-state index >= 15 is 0 Å². The van der Waals surface area contributed by atoms with Crippen molar-refractivity contribution in [1.29, 1.82) is 0 Å². The summed E-state index contributed by atoms with van der Waals surface area (Å²) in [4.78, 5) is 33.0. The van der Waals surface area contributed by atoms with Crippen molar-refractivity contribution in [1.82, 2.24) is 10.6 Å². The van der Waals surface area contributed by atoms with Gasteiger partial charge in [0.15, 0.2) is 0 Å². The Hall–Kier alpha value is -1.28. The van der Waals surface area contributed by atoms with Crippen molar-refractivity contribution >= 4 is 29.7 Å². The van der Waals surface area contributed by atoms with E-state index in [1.165, 1.54) is 0 Å². The molecule has 0 aromatic heterocycles. The molecule has 0 aromatic rings. The molecule has 0 fully saturated rings. The van der Waals surface area contributed by atoms with E-state index in [9.17, 15) is 14.4 Å². The summed E-state index contributed by atoms with van der Waals surface area (Å²) in [7, 11) is 0. The molecule has 8 heteroatoms. The lowest BCUT2D eigenvalue weighted by Crippen LogP contribution is -2.41. The Morgan fingerprint density at radius 3 is 2.47 bits per heavy atom. The maximum Gasteiger partial charge on any atom is 0.321 e. The summed E-state index contributed by atoms with van der Waals surface area (Å²) >= 11 is 1.07. The van der Waals surface area contributed by atoms with E-state index in [0.717, 1.165) is 18.2 Å². The van der Waals surface area contributed by atoms with E-state index in [1.807, 2.05) is 13.8 Å². The Morgan fingerprint density at radius 1 is 1.32 bits per heavy atom. The van der Waals surface area contributed by atoms with Crippen LogP contribution in [0, 0.1) is 5.92 Å². The lowest BCUT2D eigenvalue weighted by atomic mass is 10.1. The summed E-state index contributed by atoms with van der Waals surface area (Å²) in [5, 5.41) is 13.3. The highest BCUT2D eigenvalue weighted by Gasteiger charge is 2.13. The predicted octanol–water partition coefficient (Wildman–Crippen LogP) is 0.00340. The fourth-order valence-corrected chi connectivity index (χ4v) is 1.80. The molecule has 0 aromatic carbocycles. The van der Waals surface area contributed by atoms with Crippen LogP contribution in [-0.4, -0.2) is 47.1 Å². The molecular formula is C11H21N3O4S. The van der Waals surface area contributed by atoms with Crippen LogP contribution in [0.4, 0.5) is 4.79 Å². The molecule has 0 radical (unpaired) electrons. The van der Waals surface area contributed by atoms with Crippen molar-refractivity contribution in [3.05, 3.63) is 0 Å². The van der Waals surface area contributed by atoms with Crippen LogP contribution in [0.3, 0.4) is 0 Å². The van der Waals surface area contributed by atoms with Gasteiger partial charge in [0.1, 0.15) is 6.04 Å². The molecule has 0 aliphatic carbocycles. The maximum absolute atomic E-state index is 11.3. The molecule has 7 nitrogen and oxygen atoms in total. The van der Waals surface area contributed by atoms with E-state index in [4.69, 9.17) is 10.8 Å². The molecule has 0 aliphatic rings. The minimum atomic E-state index is -1.11. The van der Waals surface area contributed by atoms with Crippen LogP contribution in [0.1, 0.15) is 20.3 Å². The van der Waals surface area contributed by atoms with Gasteiger partial charge in [-0.15, -0.1) is 11.8 Å². The molecule has 5 N–H and O–H groups in total. The minimum Gasteiger partial charge on any atom is -0.480 e. The van der Waals surface area contributed by atoms with Crippen LogP contribution in [0.2, 0.25) is 0 Å². The third-order valence-electron chi connectivity index (χ3n) is 2.11. The van der Waals surface area contributed by atoms with Crippen LogP contribution in [0.25, 0.3) is 0 Å². The molecule has 0 saturated heterocycles. The quantitative estimate of drug-likeness (QED) is 0.499. The van der Waals surface area contributed by atoms with Gasteiger partial charge in [0.25, 0.3) is 0 Å². The second-order valence-electron chi connectivity index (χ2n) is 4.45. The number of aliphatic carboxylic acids is 1. The van der Waals surface area contributed by atoms with E-state index in [-0.39, 0.29) is 11.5 Å². The average Bonchev–Trinajstić information content (AvgIpc) is 2.27. The number of carbonyl (C=O) groups excluding carboxylic acids is 2. The van der Waals surface area contributed by atoms with Gasteiger partial charge in [-0.25, -0.2) is 4.79 Å². The molecule has 1 atom stereocenters. The van der Waals surface area contributed by atoms with Crippen LogP contribution in [-0.2, 0) is 9.59 Å². The zero-order chi connectivity index (χ0) is 14.8. The number of hydrogen-bond acceptors (Lipinski definition) is 5. The summed E-state index contributed by atoms with van der Waals surface area (Å²) < 4.78 is 0. The Bertz CT molecular complexity index is 323. The zero-order valence-electron chi connectivity index (χ0n) is 11.1. The first-order valence-corrected chi connectivity index (χ1v) is 7.12. The predicted molar refractivity (Wildman–Crippen MR) is 73.9 cm³/mol. The van der Waals surface area contributed by atoms with Gasteiger partial charge in [-0.1, -0.05) is 13.8 Å². The Morgan fingerprint density at radius 2 is 1.95 bits per heavy atom. The number of carboxylic acids is 1. The Balaban J connectivity index is 3.68. The van der Waals surface area contributed by atoms with Gasteiger partial charge in [-0.05, 0) is 12.3 Å². The number of urea groups is 1. The number of amides is 3. The van der Waals surface area contributed by atoms with Crippen molar-refractivity contribution in [2.24, 2.45) is 11.7 Å². The van der Waals surface area contributed by atoms with Gasteiger partial charge < -0.3 is 16.2 Å². The van der Waals surface area contributed by atoms with Crippen molar-refractivity contribution in [3.8, 4) is 0 Å². The van der Waals surface area contributed by atoms with Crippen molar-refractivity contribution in [2.75, 3.05) is 18.1 Å². The van der Waals surface area contributed by atoms with Crippen molar-refractivity contribution in [2.45, 2.75) is 26.3 Å². The van der Waals surface area contributed by atoms with Crippen LogP contribution in [0.15, 0.2) is 0 Å². The molecule has 0 bridgehead atoms. The molecule has 19 heavy (non-hydrogen) atoms. The highest BCUT2D eigenvalue weighted by molar-refractivity contribution is 8.00. The third kappa shape index (κ3) is 10.3. The molecule has 110 valence electrons. The summed E-state index contributed by atoms with van der Waals surface area (Å²) in [6, 6.07) is -1.54. The lowest BCUT2D eigenvalue weighted by molar-refractivity contribution is -0.138. The number of carbonyl (C=O) groups is 3. The molecule has 0 rings (SSSR count). The van der Waals surface area contributed by atoms with Crippen LogP contribution < -0.4 is 16.4 Å². The van der Waals surface area contributed by atoms with E-state index in [2.05, 4.69) is 10.6 Å². The normalized spacial score (nSPS) is 12.0. The largest absolute Gasteiger partial charge is 0.480 e. The topological polar surface area (TPSA) is 122 Å². The summed E-state index contributed by atoms with van der Waals surface area (Å²) in [5.74, 6) is -0.982. The van der Waals surface area contributed by atoms with Gasteiger partial charge in [-0.3, -0.25) is 14.9 Å². The van der Waals surface area contributed by atoms with Gasteiger partial charge >= 0.3 is 12.0 Å². The maximum atomic E-state index is 11.3. The van der Waals surface area contributed by atoms with E-state index < -0.39 is 23.9 Å². The molecule has 0 heterocycles. The third-order valence-corrected chi connectivity index (χ3v) is 3.17. The smallest absolute Gasteiger partial charge is 0.321 e. The minimum absolute atomic E-state index is 0.00141. The molecule has 3 amide bonds. The first-order valence-electron chi connectivity index (χ1n) is 5.96. The van der Waals surface area contributed by atoms with Crippen LogP contribution >= 0.6 is 11.8 Å². The SMILES string of the molecule is CC(C)CCNC(=O)NC(=O)CSC[C@@H](N)C(=O)O. The van der Waals surface area contributed by atoms with E-state index in [0.29, 0.717) is 12.5 Å². The van der Waals surface area contributed by atoms with Gasteiger partial charge in [0, 0.05) is 12.3 Å². The molecule has 0 saturated carbocycles. The van der Waals surface area contributed by atoms with Crippen molar-refractivity contribution < 1.29 is 19.5 Å². The first-order chi connectivity index (χ1) is 8.82. The number of rotatable bonds is 8. The average molecular weight is 291 g/mol. The standard InChI is InChI=1S/C11H21N3O4S/c1-7(2)3-4-13-11(18)14-9(15)6-19-5-8(12)10(16)17/h7-8H,3-6,12H2,1-2H3,(H,16,17)(H2,13,14,15,18)/t8-/m1/s1. The lowest BCUT2D eigenvalue weighted by Gasteiger charge is -2.08. The molecular weight excluding hydrogens is 270 g/mol. The number of hydrogen-bond donors (Lipinski definition) is 4. The van der Waals surface area contributed by atoms with Gasteiger partial charge in [0.05, 0.1) is 5.75 Å². The monoisotopic (exact) mass is 291 g/mol. The zero-order valence-corrected chi connectivity index (χ0v) is 12.0. The highest BCUT2D eigenvalue weighted by Crippen LogP contribution is 2.01. The summed E-state index contributed by atoms with van der Waals surface area (Å²) in [6.07, 6.45) is 0.837. The molecule has 0 spiro atoms. The fraction of sp³-hybridized carbons (Fsp3) is 0.727. The second kappa shape index (κ2) is 9.62. The van der Waals surface area contributed by atoms with E-state index in [1.54, 1.807) is 0 Å². The number of carboxylic acid groups (broad SMARTS) is 1. The number of nitrogens with two attached hydrogens (primary N) is 1. The number of nitrogens with one attached hydrogen (secondary N) is 2. The van der Waals surface area contributed by atoms with Crippen LogP contribution in [0.5, 0.6) is 0 Å². The highest BCUT2D eigenvalue weighted by atomic mass is 32.2. The summed E-state index contributed by atoms with van der Waals surface area (Å²) in [5.41, 5.74) is 5.27. The molecule has 0 unspecified atom stereocenters. The van der Waals surface area contributed by atoms with Gasteiger partial charge in [0.2, 0.25) is 5.91 Å². The number of thioether (sulfide) groups is 1. The molecule has 0 aliphatic heterocycles. The number of imide groups is 1. The fourth-order valence-electron chi connectivity index (χ4n) is 1.03. The van der Waals surface area contributed by atoms with Crippen molar-refractivity contribution in [3.63, 3.8) is 0 Å². The summed E-state index contributed by atoms with van der Waals surface area (Å²) in [6.45, 7) is 4.58. The van der Waals surface area contributed by atoms with Gasteiger partial charge in [-0.2, -0.15) is 0 Å². The Kier molecular flexibility index (Phi) is 8.98. The first kappa shape index (κ1) is 17.7. The Labute approximate surface area is 116 Å². The second-order valence-corrected chi connectivity index (χ2v) is 5.48.